The second-order valence-corrected chi connectivity index (χ2v) is 4.38. The van der Waals surface area contributed by atoms with Gasteiger partial charge in [-0.15, -0.1) is 0 Å². The molecule has 2 N–H and O–H groups in total. The summed E-state index contributed by atoms with van der Waals surface area (Å²) in [7, 11) is 0. The molecule has 2 atom stereocenters. The van der Waals surface area contributed by atoms with Gasteiger partial charge in [-0.25, -0.2) is 0 Å². The molecule has 1 amide bonds. The van der Waals surface area contributed by atoms with Gasteiger partial charge in [0.25, 0.3) is 5.91 Å². The Balaban J connectivity index is 1.86. The Hall–Kier alpha value is -1.29. The van der Waals surface area contributed by atoms with Crippen molar-refractivity contribution in [1.29, 1.82) is 0 Å². The maximum Gasteiger partial charge on any atom is 0.254 e. The van der Waals surface area contributed by atoms with E-state index in [9.17, 15) is 4.79 Å². The molecule has 0 aromatic carbocycles. The largest absolute Gasteiger partial charge is 0.472 e. The molecular formula is C12H18N2O2. The van der Waals surface area contributed by atoms with Gasteiger partial charge in [-0.2, -0.15) is 0 Å². The van der Waals surface area contributed by atoms with Crippen molar-refractivity contribution in [2.45, 2.75) is 25.8 Å². The van der Waals surface area contributed by atoms with Gasteiger partial charge in [0.2, 0.25) is 0 Å². The van der Waals surface area contributed by atoms with Gasteiger partial charge in [-0.3, -0.25) is 4.79 Å². The van der Waals surface area contributed by atoms with E-state index in [-0.39, 0.29) is 11.9 Å². The van der Waals surface area contributed by atoms with Crippen LogP contribution in [0.4, 0.5) is 0 Å². The lowest BCUT2D eigenvalue weighted by atomic mass is 9.93. The second-order valence-electron chi connectivity index (χ2n) is 4.38. The number of carbonyl (C=O) groups is 1. The first kappa shape index (κ1) is 11.2. The van der Waals surface area contributed by atoms with Crippen LogP contribution in [0.2, 0.25) is 0 Å². The monoisotopic (exact) mass is 222 g/mol. The molecular weight excluding hydrogens is 204 g/mol. The predicted octanol–water partition coefficient (Wildman–Crippen LogP) is 1.40. The Bertz CT molecular complexity index is 329. The predicted molar refractivity (Wildman–Crippen MR) is 61.2 cm³/mol. The lowest BCUT2D eigenvalue weighted by molar-refractivity contribution is 0.0921. The van der Waals surface area contributed by atoms with Crippen LogP contribution in [-0.2, 0) is 0 Å². The highest BCUT2D eigenvalue weighted by molar-refractivity contribution is 5.93. The molecule has 0 spiro atoms. The fraction of sp³-hybridized carbons (Fsp3) is 0.583. The fourth-order valence-electron chi connectivity index (χ4n) is 2.11. The number of furan rings is 1. The van der Waals surface area contributed by atoms with Crippen LogP contribution in [0, 0.1) is 5.92 Å². The average Bonchev–Trinajstić information content (AvgIpc) is 2.83. The number of nitrogens with one attached hydrogen (secondary N) is 2. The number of rotatable bonds is 3. The van der Waals surface area contributed by atoms with Crippen LogP contribution in [0.25, 0.3) is 0 Å². The van der Waals surface area contributed by atoms with Crippen LogP contribution in [0.3, 0.4) is 0 Å². The van der Waals surface area contributed by atoms with Crippen LogP contribution < -0.4 is 10.6 Å². The summed E-state index contributed by atoms with van der Waals surface area (Å²) in [6.45, 7) is 4.15. The Kier molecular flexibility index (Phi) is 3.62. The van der Waals surface area contributed by atoms with E-state index in [0.717, 1.165) is 13.1 Å². The molecule has 0 bridgehead atoms. The summed E-state index contributed by atoms with van der Waals surface area (Å²) >= 11 is 0. The number of piperidine rings is 1. The molecule has 2 heterocycles. The molecule has 1 aliphatic rings. The third kappa shape index (κ3) is 2.64. The summed E-state index contributed by atoms with van der Waals surface area (Å²) in [6.07, 6.45) is 5.36. The van der Waals surface area contributed by atoms with E-state index in [4.69, 9.17) is 4.42 Å². The van der Waals surface area contributed by atoms with Gasteiger partial charge in [0.15, 0.2) is 0 Å². The summed E-state index contributed by atoms with van der Waals surface area (Å²) in [6, 6.07) is 1.89. The standard InChI is InChI=1S/C12H18N2O2/c1-9(10-3-2-5-13-7-10)14-12(15)11-4-6-16-8-11/h4,6,8-10,13H,2-3,5,7H2,1H3,(H,14,15). The van der Waals surface area contributed by atoms with Gasteiger partial charge >= 0.3 is 0 Å². The summed E-state index contributed by atoms with van der Waals surface area (Å²) < 4.78 is 4.89. The van der Waals surface area contributed by atoms with Crippen molar-refractivity contribution < 1.29 is 9.21 Å². The van der Waals surface area contributed by atoms with E-state index in [1.165, 1.54) is 25.4 Å². The van der Waals surface area contributed by atoms with Crippen LogP contribution >= 0.6 is 0 Å². The van der Waals surface area contributed by atoms with Gasteiger partial charge in [-0.05, 0) is 44.8 Å². The molecule has 88 valence electrons. The van der Waals surface area contributed by atoms with E-state index < -0.39 is 0 Å². The number of hydrogen-bond acceptors (Lipinski definition) is 3. The van der Waals surface area contributed by atoms with Crippen molar-refractivity contribution in [3.63, 3.8) is 0 Å². The van der Waals surface area contributed by atoms with E-state index >= 15 is 0 Å². The van der Waals surface area contributed by atoms with E-state index in [2.05, 4.69) is 17.6 Å². The highest BCUT2D eigenvalue weighted by Gasteiger charge is 2.21. The van der Waals surface area contributed by atoms with Gasteiger partial charge in [0, 0.05) is 6.04 Å². The fourth-order valence-corrected chi connectivity index (χ4v) is 2.11. The Labute approximate surface area is 95.4 Å². The van der Waals surface area contributed by atoms with Crippen molar-refractivity contribution in [2.75, 3.05) is 13.1 Å². The maximum absolute atomic E-state index is 11.8. The Morgan fingerprint density at radius 1 is 1.69 bits per heavy atom. The molecule has 2 rings (SSSR count). The lowest BCUT2D eigenvalue weighted by Gasteiger charge is -2.28. The summed E-state index contributed by atoms with van der Waals surface area (Å²) in [5.41, 5.74) is 0.593. The summed E-state index contributed by atoms with van der Waals surface area (Å²) in [4.78, 5) is 11.8. The normalized spacial score (nSPS) is 22.7. The first-order valence-corrected chi connectivity index (χ1v) is 5.81. The van der Waals surface area contributed by atoms with E-state index in [0.29, 0.717) is 11.5 Å². The zero-order valence-corrected chi connectivity index (χ0v) is 9.53. The van der Waals surface area contributed by atoms with Crippen LogP contribution in [0.5, 0.6) is 0 Å². The lowest BCUT2D eigenvalue weighted by Crippen LogP contribution is -2.44. The van der Waals surface area contributed by atoms with Crippen LogP contribution in [0.15, 0.2) is 23.0 Å². The van der Waals surface area contributed by atoms with Crippen LogP contribution in [-0.4, -0.2) is 25.0 Å². The highest BCUT2D eigenvalue weighted by Crippen LogP contribution is 2.14. The number of amides is 1. The third-order valence-corrected chi connectivity index (χ3v) is 3.18. The minimum atomic E-state index is -0.0492. The Morgan fingerprint density at radius 3 is 3.19 bits per heavy atom. The molecule has 1 saturated heterocycles. The molecule has 0 saturated carbocycles. The SMILES string of the molecule is CC(NC(=O)c1ccoc1)C1CCCNC1. The average molecular weight is 222 g/mol. The highest BCUT2D eigenvalue weighted by atomic mass is 16.3. The minimum Gasteiger partial charge on any atom is -0.472 e. The quantitative estimate of drug-likeness (QED) is 0.812. The molecule has 0 radical (unpaired) electrons. The Morgan fingerprint density at radius 2 is 2.56 bits per heavy atom. The number of carbonyl (C=O) groups excluding carboxylic acids is 1. The van der Waals surface area contributed by atoms with E-state index in [1.54, 1.807) is 6.07 Å². The molecule has 0 aliphatic carbocycles. The summed E-state index contributed by atoms with van der Waals surface area (Å²) in [5, 5.41) is 6.37. The maximum atomic E-state index is 11.8. The van der Waals surface area contributed by atoms with Gasteiger partial charge in [0.05, 0.1) is 11.8 Å². The van der Waals surface area contributed by atoms with Gasteiger partial charge < -0.3 is 15.1 Å². The van der Waals surface area contributed by atoms with E-state index in [1.807, 2.05) is 0 Å². The molecule has 4 nitrogen and oxygen atoms in total. The van der Waals surface area contributed by atoms with Crippen molar-refractivity contribution >= 4 is 5.91 Å². The number of hydrogen-bond donors (Lipinski definition) is 2. The molecule has 1 aromatic heterocycles. The minimum absolute atomic E-state index is 0.0492. The topological polar surface area (TPSA) is 54.3 Å². The van der Waals surface area contributed by atoms with Gasteiger partial charge in [0.1, 0.15) is 6.26 Å². The van der Waals surface area contributed by atoms with Crippen molar-refractivity contribution in [1.82, 2.24) is 10.6 Å². The molecule has 2 unspecified atom stereocenters. The zero-order chi connectivity index (χ0) is 11.4. The van der Waals surface area contributed by atoms with Crippen molar-refractivity contribution in [2.24, 2.45) is 5.92 Å². The second kappa shape index (κ2) is 5.16. The first-order valence-electron chi connectivity index (χ1n) is 5.81. The van der Waals surface area contributed by atoms with Crippen molar-refractivity contribution in [3.8, 4) is 0 Å². The third-order valence-electron chi connectivity index (χ3n) is 3.18. The van der Waals surface area contributed by atoms with Gasteiger partial charge in [-0.1, -0.05) is 0 Å². The summed E-state index contributed by atoms with van der Waals surface area (Å²) in [5.74, 6) is 0.483. The van der Waals surface area contributed by atoms with Crippen LogP contribution in [0.1, 0.15) is 30.1 Å². The molecule has 1 aliphatic heterocycles. The molecule has 1 aromatic rings. The smallest absolute Gasteiger partial charge is 0.254 e. The molecule has 16 heavy (non-hydrogen) atoms. The zero-order valence-electron chi connectivity index (χ0n) is 9.53. The molecule has 4 heteroatoms. The van der Waals surface area contributed by atoms with Crippen molar-refractivity contribution in [3.05, 3.63) is 24.2 Å². The first-order chi connectivity index (χ1) is 7.77. The molecule has 1 fully saturated rings.